The van der Waals surface area contributed by atoms with E-state index >= 15 is 0 Å². The van der Waals surface area contributed by atoms with Crippen LogP contribution in [0.5, 0.6) is 5.75 Å². The Morgan fingerprint density at radius 2 is 1.91 bits per heavy atom. The second-order valence-electron chi connectivity index (χ2n) is 9.18. The summed E-state index contributed by atoms with van der Waals surface area (Å²) >= 11 is 2.80. The summed E-state index contributed by atoms with van der Waals surface area (Å²) in [6.45, 7) is 9.90. The van der Waals surface area contributed by atoms with E-state index in [9.17, 15) is 13.2 Å². The summed E-state index contributed by atoms with van der Waals surface area (Å²) in [5.41, 5.74) is 2.13. The number of carbonyl (C=O) groups excluding carboxylic acids is 1. The van der Waals surface area contributed by atoms with E-state index < -0.39 is 22.0 Å². The van der Waals surface area contributed by atoms with Gasteiger partial charge in [-0.1, -0.05) is 74.6 Å². The molecule has 0 unspecified atom stereocenters. The van der Waals surface area contributed by atoms with Gasteiger partial charge in [0, 0.05) is 0 Å². The van der Waals surface area contributed by atoms with Gasteiger partial charge >= 0.3 is 0 Å². The number of carbonyl (C=O) groups is 1. The van der Waals surface area contributed by atoms with Crippen LogP contribution >= 0.6 is 23.1 Å². The minimum atomic E-state index is -3.95. The number of ether oxygens (including phenoxy) is 1. The Hall–Kier alpha value is -2.63. The minimum Gasteiger partial charge on any atom is -0.476 e. The summed E-state index contributed by atoms with van der Waals surface area (Å²) in [6, 6.07) is 12.1. The highest BCUT2D eigenvalue weighted by molar-refractivity contribution is 8.01. The van der Waals surface area contributed by atoms with Crippen molar-refractivity contribution in [2.45, 2.75) is 55.4 Å². The van der Waals surface area contributed by atoms with Crippen molar-refractivity contribution >= 4 is 49.8 Å². The third kappa shape index (κ3) is 5.46. The normalized spacial score (nSPS) is 15.9. The molecule has 1 N–H and O–H groups in total. The fourth-order valence-corrected chi connectivity index (χ4v) is 6.67. The topological polar surface area (TPSA) is 101 Å². The van der Waals surface area contributed by atoms with Gasteiger partial charge in [0.1, 0.15) is 5.75 Å². The molecule has 1 aromatic heterocycles. The molecule has 0 saturated carbocycles. The Labute approximate surface area is 214 Å². The zero-order chi connectivity index (χ0) is 25.4. The third-order valence-corrected chi connectivity index (χ3v) is 9.15. The number of nitrogens with one attached hydrogen (secondary N) is 1. The van der Waals surface area contributed by atoms with Crippen molar-refractivity contribution in [3.8, 4) is 5.75 Å². The van der Waals surface area contributed by atoms with Crippen molar-refractivity contribution in [3.63, 3.8) is 0 Å². The highest BCUT2D eigenvalue weighted by Crippen LogP contribution is 2.40. The molecule has 11 heteroatoms. The lowest BCUT2D eigenvalue weighted by atomic mass is 9.86. The number of sulfonamides is 1. The third-order valence-electron chi connectivity index (χ3n) is 5.50. The summed E-state index contributed by atoms with van der Waals surface area (Å²) in [5, 5.41) is 11.1. The Kier molecular flexibility index (Phi) is 7.12. The van der Waals surface area contributed by atoms with Crippen LogP contribution in [0.15, 0.2) is 51.7 Å². The molecular weight excluding hydrogens is 504 g/mol. The van der Waals surface area contributed by atoms with Crippen LogP contribution in [0.3, 0.4) is 0 Å². The molecule has 186 valence electrons. The highest BCUT2D eigenvalue weighted by atomic mass is 32.2. The first-order valence-corrected chi connectivity index (χ1v) is 14.4. The van der Waals surface area contributed by atoms with Gasteiger partial charge in [-0.25, -0.2) is 8.42 Å². The number of hydrogen-bond donors (Lipinski definition) is 1. The van der Waals surface area contributed by atoms with Crippen LogP contribution in [0.1, 0.15) is 38.8 Å². The Morgan fingerprint density at radius 1 is 1.20 bits per heavy atom. The first-order valence-electron chi connectivity index (χ1n) is 11.2. The van der Waals surface area contributed by atoms with Gasteiger partial charge in [0.2, 0.25) is 5.13 Å². The van der Waals surface area contributed by atoms with E-state index in [0.717, 1.165) is 21.2 Å². The summed E-state index contributed by atoms with van der Waals surface area (Å²) < 4.78 is 35.5. The van der Waals surface area contributed by atoms with Gasteiger partial charge in [0.15, 0.2) is 10.4 Å². The van der Waals surface area contributed by atoms with Crippen LogP contribution in [0, 0.1) is 6.92 Å². The van der Waals surface area contributed by atoms with Crippen molar-refractivity contribution in [2.75, 3.05) is 21.9 Å². The van der Waals surface area contributed by atoms with Gasteiger partial charge in [-0.3, -0.25) is 14.4 Å². The molecule has 0 aliphatic carbocycles. The number of aryl methyl sites for hydroxylation is 1. The average Bonchev–Trinajstić information content (AvgIpc) is 3.24. The molecule has 0 bridgehead atoms. The van der Waals surface area contributed by atoms with Crippen LogP contribution in [0.2, 0.25) is 0 Å². The van der Waals surface area contributed by atoms with Crippen LogP contribution in [0.4, 0.5) is 10.8 Å². The SMILES string of the molecule is CCSc1nnc(NC(=O)[C@H]2CN(S(=O)(=O)c3ccc(C)cc3)c3cc(C(C)(C)C)ccc3O2)s1. The molecule has 35 heavy (non-hydrogen) atoms. The lowest BCUT2D eigenvalue weighted by Gasteiger charge is -2.35. The molecule has 4 rings (SSSR count). The van der Waals surface area contributed by atoms with Crippen molar-refractivity contribution in [3.05, 3.63) is 53.6 Å². The van der Waals surface area contributed by atoms with E-state index in [0.29, 0.717) is 16.6 Å². The Balaban J connectivity index is 1.70. The van der Waals surface area contributed by atoms with Gasteiger partial charge in [0.25, 0.3) is 15.9 Å². The lowest BCUT2D eigenvalue weighted by Crippen LogP contribution is -2.49. The van der Waals surface area contributed by atoms with Crippen LogP contribution < -0.4 is 14.4 Å². The predicted molar refractivity (Wildman–Crippen MR) is 140 cm³/mol. The predicted octanol–water partition coefficient (Wildman–Crippen LogP) is 4.85. The van der Waals surface area contributed by atoms with Crippen molar-refractivity contribution in [2.24, 2.45) is 0 Å². The van der Waals surface area contributed by atoms with Gasteiger partial charge in [-0.05, 0) is 47.9 Å². The molecule has 1 amide bonds. The Morgan fingerprint density at radius 3 is 2.57 bits per heavy atom. The number of aromatic nitrogens is 2. The number of hydrogen-bond acceptors (Lipinski definition) is 8. The number of fused-ring (bicyclic) bond motifs is 1. The highest BCUT2D eigenvalue weighted by Gasteiger charge is 2.38. The molecule has 3 aromatic rings. The molecule has 0 saturated heterocycles. The number of rotatable bonds is 6. The average molecular weight is 533 g/mol. The van der Waals surface area contributed by atoms with E-state index in [4.69, 9.17) is 4.74 Å². The maximum atomic E-state index is 13.7. The van der Waals surface area contributed by atoms with Crippen LogP contribution in [0.25, 0.3) is 0 Å². The van der Waals surface area contributed by atoms with Crippen molar-refractivity contribution in [1.82, 2.24) is 10.2 Å². The molecule has 1 aliphatic heterocycles. The van der Waals surface area contributed by atoms with Gasteiger partial charge in [-0.2, -0.15) is 0 Å². The lowest BCUT2D eigenvalue weighted by molar-refractivity contribution is -0.122. The van der Waals surface area contributed by atoms with E-state index in [1.165, 1.54) is 27.4 Å². The molecule has 2 heterocycles. The van der Waals surface area contributed by atoms with Crippen molar-refractivity contribution < 1.29 is 17.9 Å². The Bertz CT molecular complexity index is 1330. The largest absolute Gasteiger partial charge is 0.476 e. The first kappa shape index (κ1) is 25.5. The summed E-state index contributed by atoms with van der Waals surface area (Å²) in [7, 11) is -3.95. The zero-order valence-electron chi connectivity index (χ0n) is 20.2. The minimum absolute atomic E-state index is 0.154. The molecule has 1 atom stereocenters. The van der Waals surface area contributed by atoms with Crippen LogP contribution in [-0.2, 0) is 20.2 Å². The van der Waals surface area contributed by atoms with Gasteiger partial charge in [0.05, 0.1) is 17.1 Å². The molecule has 8 nitrogen and oxygen atoms in total. The van der Waals surface area contributed by atoms with E-state index in [1.54, 1.807) is 30.3 Å². The number of anilines is 2. The summed E-state index contributed by atoms with van der Waals surface area (Å²) in [4.78, 5) is 13.3. The molecule has 0 spiro atoms. The molecule has 0 radical (unpaired) electrons. The summed E-state index contributed by atoms with van der Waals surface area (Å²) in [6.07, 6.45) is -1.06. The van der Waals surface area contributed by atoms with E-state index in [-0.39, 0.29) is 16.9 Å². The number of amides is 1. The second-order valence-corrected chi connectivity index (χ2v) is 13.5. The maximum Gasteiger partial charge on any atom is 0.269 e. The van der Waals surface area contributed by atoms with Gasteiger partial charge < -0.3 is 4.74 Å². The fourth-order valence-electron chi connectivity index (χ4n) is 3.55. The zero-order valence-corrected chi connectivity index (χ0v) is 22.7. The monoisotopic (exact) mass is 532 g/mol. The van der Waals surface area contributed by atoms with E-state index in [1.807, 2.05) is 26.0 Å². The fraction of sp³-hybridized carbons (Fsp3) is 0.375. The molecule has 0 fully saturated rings. The second kappa shape index (κ2) is 9.79. The quantitative estimate of drug-likeness (QED) is 0.358. The molecule has 1 aliphatic rings. The van der Waals surface area contributed by atoms with E-state index in [2.05, 4.69) is 36.3 Å². The van der Waals surface area contributed by atoms with Crippen LogP contribution in [-0.4, -0.2) is 42.9 Å². The summed E-state index contributed by atoms with van der Waals surface area (Å²) in [5.74, 6) is 0.691. The van der Waals surface area contributed by atoms with Crippen molar-refractivity contribution in [1.29, 1.82) is 0 Å². The molecular formula is C24H28N4O4S3. The van der Waals surface area contributed by atoms with Gasteiger partial charge in [-0.15, -0.1) is 10.2 Å². The maximum absolute atomic E-state index is 13.7. The standard InChI is InChI=1S/C24H28N4O4S3/c1-6-33-23-27-26-22(34-23)25-21(29)20-14-28(35(30,31)17-10-7-15(2)8-11-17)18-13-16(24(3,4)5)9-12-19(18)32-20/h7-13,20H,6,14H2,1-5H3,(H,25,26,29)/t20-/m1/s1. The number of benzene rings is 2. The number of thioether (sulfide) groups is 1. The molecule has 2 aromatic carbocycles. The smallest absolute Gasteiger partial charge is 0.269 e. The number of nitrogens with zero attached hydrogens (tertiary/aromatic N) is 3. The first-order chi connectivity index (χ1) is 16.5.